The molecule has 0 saturated carbocycles. The van der Waals surface area contributed by atoms with Gasteiger partial charge in [0.15, 0.2) is 11.9 Å². The van der Waals surface area contributed by atoms with Gasteiger partial charge in [-0.15, -0.1) is 0 Å². The molecular weight excluding hydrogens is 593 g/mol. The number of nitrogens with one attached hydrogen (secondary N) is 2. The van der Waals surface area contributed by atoms with Crippen LogP contribution in [0.2, 0.25) is 5.04 Å². The van der Waals surface area contributed by atoms with E-state index in [1.54, 1.807) is 30.3 Å². The average molecular weight is 631 g/mol. The maximum atomic E-state index is 14.8. The van der Waals surface area contributed by atoms with Crippen molar-refractivity contribution < 1.29 is 17.6 Å². The maximum Gasteiger partial charge on any atom is 0.414 e. The summed E-state index contributed by atoms with van der Waals surface area (Å²) in [6.45, 7) is 7.28. The van der Waals surface area contributed by atoms with E-state index in [2.05, 4.69) is 20.9 Å². The molecule has 0 fully saturated rings. The van der Waals surface area contributed by atoms with Gasteiger partial charge in [-0.25, -0.2) is 15.4 Å². The van der Waals surface area contributed by atoms with Crippen molar-refractivity contribution in [2.45, 2.75) is 45.0 Å². The molecule has 0 aliphatic carbocycles. The van der Waals surface area contributed by atoms with Crippen molar-refractivity contribution in [1.82, 2.24) is 25.2 Å². The topological polar surface area (TPSA) is 76.9 Å². The van der Waals surface area contributed by atoms with Crippen LogP contribution in [0.3, 0.4) is 0 Å². The van der Waals surface area contributed by atoms with Crippen LogP contribution in [0.15, 0.2) is 104 Å². The second-order valence-corrected chi connectivity index (χ2v) is 16.3. The Balaban J connectivity index is 1.47. The number of rotatable bonds is 10. The summed E-state index contributed by atoms with van der Waals surface area (Å²) in [7, 11) is -1.71. The summed E-state index contributed by atoms with van der Waals surface area (Å²) in [5, 5.41) is 5.15. The van der Waals surface area contributed by atoms with Gasteiger partial charge in [-0.1, -0.05) is 111 Å². The Hall–Kier alpha value is -4.32. The molecule has 0 saturated heterocycles. The second-order valence-electron chi connectivity index (χ2n) is 12.0. The van der Waals surface area contributed by atoms with Gasteiger partial charge in [-0.05, 0) is 22.3 Å². The lowest BCUT2D eigenvalue weighted by Gasteiger charge is -2.45. The third kappa shape index (κ3) is 7.00. The predicted octanol–water partition coefficient (Wildman–Crippen LogP) is 6.28. The number of anilines is 1. The quantitative estimate of drug-likeness (QED) is 0.140. The molecule has 2 N–H and O–H groups in total. The normalized spacial score (nSPS) is 13.1. The van der Waals surface area contributed by atoms with Crippen molar-refractivity contribution in [3.05, 3.63) is 109 Å². The van der Waals surface area contributed by atoms with Crippen LogP contribution < -0.4 is 21.2 Å². The Kier molecular flexibility index (Phi) is 9.24. The van der Waals surface area contributed by atoms with Gasteiger partial charge < -0.3 is 9.85 Å². The maximum absolute atomic E-state index is 14.8. The SMILES string of the molecule is Cc1ccc(-c2cnc(NNCC(O[Si](c3ccccc3)(c3ccccc3)C(C)(C)C)C(F)(F)F)c(-c3cnn(C)c3)n2)cc1. The van der Waals surface area contributed by atoms with E-state index in [0.717, 1.165) is 21.5 Å². The molecule has 7 nitrogen and oxygen atoms in total. The Morgan fingerprint density at radius 2 is 1.44 bits per heavy atom. The molecule has 0 aliphatic rings. The number of aromatic nitrogens is 4. The highest BCUT2D eigenvalue weighted by Crippen LogP contribution is 2.39. The van der Waals surface area contributed by atoms with Crippen molar-refractivity contribution >= 4 is 24.5 Å². The Bertz CT molecular complexity index is 1660. The van der Waals surface area contributed by atoms with Crippen LogP contribution in [0.1, 0.15) is 26.3 Å². The molecule has 0 amide bonds. The number of hydrogen-bond acceptors (Lipinski definition) is 6. The molecule has 5 aromatic rings. The highest BCUT2D eigenvalue weighted by atomic mass is 28.4. The third-order valence-corrected chi connectivity index (χ3v) is 12.7. The van der Waals surface area contributed by atoms with Gasteiger partial charge in [0.25, 0.3) is 8.32 Å². The van der Waals surface area contributed by atoms with E-state index in [1.165, 1.54) is 0 Å². The van der Waals surface area contributed by atoms with E-state index in [0.29, 0.717) is 17.0 Å². The van der Waals surface area contributed by atoms with Crippen molar-refractivity contribution in [3.8, 4) is 22.5 Å². The summed E-state index contributed by atoms with van der Waals surface area (Å²) < 4.78 is 52.5. The summed E-state index contributed by atoms with van der Waals surface area (Å²) in [6.07, 6.45) is -1.78. The lowest BCUT2D eigenvalue weighted by molar-refractivity contribution is -0.195. The third-order valence-electron chi connectivity index (χ3n) is 7.69. The molecule has 234 valence electrons. The zero-order valence-electron chi connectivity index (χ0n) is 25.9. The summed E-state index contributed by atoms with van der Waals surface area (Å²) in [4.78, 5) is 9.35. The molecule has 3 aromatic carbocycles. The number of nitrogens with zero attached hydrogens (tertiary/aromatic N) is 4. The van der Waals surface area contributed by atoms with E-state index in [1.807, 2.05) is 113 Å². The molecule has 11 heteroatoms. The molecule has 45 heavy (non-hydrogen) atoms. The number of halogens is 3. The number of hydrazine groups is 1. The smallest absolute Gasteiger partial charge is 0.394 e. The first-order chi connectivity index (χ1) is 21.4. The van der Waals surface area contributed by atoms with E-state index < -0.39 is 32.2 Å². The minimum atomic E-state index is -4.66. The Morgan fingerprint density at radius 1 is 0.844 bits per heavy atom. The van der Waals surface area contributed by atoms with E-state index >= 15 is 0 Å². The standard InChI is InChI=1S/C34H37F3N6OSi/c1-24-16-18-25(19-17-24)29-21-38-32(31(41-29)26-20-40-43(5)23-26)42-39-22-30(34(35,36)37)44-45(33(2,3)4,27-12-8-6-9-13-27)28-14-10-7-11-15-28/h6-21,23,30,39H,22H2,1-5H3,(H,38,42). The molecule has 0 bridgehead atoms. The van der Waals surface area contributed by atoms with Crippen LogP contribution >= 0.6 is 0 Å². The highest BCUT2D eigenvalue weighted by molar-refractivity contribution is 6.99. The molecule has 1 unspecified atom stereocenters. The van der Waals surface area contributed by atoms with Crippen LogP contribution in [-0.2, 0) is 11.5 Å². The molecule has 1 atom stereocenters. The number of aryl methyl sites for hydroxylation is 2. The zero-order chi connectivity index (χ0) is 32.2. The zero-order valence-corrected chi connectivity index (χ0v) is 26.9. The Morgan fingerprint density at radius 3 is 1.96 bits per heavy atom. The molecule has 0 spiro atoms. The predicted molar refractivity (Wildman–Crippen MR) is 175 cm³/mol. The largest absolute Gasteiger partial charge is 0.414 e. The van der Waals surface area contributed by atoms with E-state index in [-0.39, 0.29) is 5.82 Å². The van der Waals surface area contributed by atoms with Gasteiger partial charge in [-0.3, -0.25) is 4.68 Å². The van der Waals surface area contributed by atoms with Crippen molar-refractivity contribution in [1.29, 1.82) is 0 Å². The number of benzene rings is 3. The first kappa shape index (κ1) is 32.1. The van der Waals surface area contributed by atoms with Gasteiger partial charge in [0.2, 0.25) is 0 Å². The summed E-state index contributed by atoms with van der Waals surface area (Å²) in [6, 6.07) is 26.4. The molecule has 0 aliphatic heterocycles. The summed E-state index contributed by atoms with van der Waals surface area (Å²) in [5.41, 5.74) is 9.38. The van der Waals surface area contributed by atoms with Crippen molar-refractivity contribution in [2.24, 2.45) is 7.05 Å². The number of hydrogen-bond donors (Lipinski definition) is 2. The van der Waals surface area contributed by atoms with Crippen LogP contribution in [0.25, 0.3) is 22.5 Å². The van der Waals surface area contributed by atoms with Gasteiger partial charge in [0, 0.05) is 30.9 Å². The fraction of sp³-hybridized carbons (Fsp3) is 0.265. The molecular formula is C34H37F3N6OSi. The second kappa shape index (κ2) is 13.0. The Labute approximate surface area is 262 Å². The minimum absolute atomic E-state index is 0.269. The first-order valence-electron chi connectivity index (χ1n) is 14.7. The average Bonchev–Trinajstić information content (AvgIpc) is 3.45. The fourth-order valence-corrected chi connectivity index (χ4v) is 10.1. The van der Waals surface area contributed by atoms with Gasteiger partial charge >= 0.3 is 6.18 Å². The van der Waals surface area contributed by atoms with Crippen molar-refractivity contribution in [2.75, 3.05) is 12.0 Å². The van der Waals surface area contributed by atoms with Gasteiger partial charge in [0.1, 0.15) is 5.69 Å². The molecule has 5 rings (SSSR count). The summed E-state index contributed by atoms with van der Waals surface area (Å²) >= 11 is 0. The van der Waals surface area contributed by atoms with Gasteiger partial charge in [0.05, 0.1) is 18.1 Å². The molecule has 0 radical (unpaired) electrons. The number of alkyl halides is 3. The van der Waals surface area contributed by atoms with E-state index in [9.17, 15) is 13.2 Å². The lowest BCUT2D eigenvalue weighted by atomic mass is 10.1. The van der Waals surface area contributed by atoms with Gasteiger partial charge in [-0.2, -0.15) is 18.3 Å². The van der Waals surface area contributed by atoms with Crippen molar-refractivity contribution in [3.63, 3.8) is 0 Å². The molecule has 2 heterocycles. The van der Waals surface area contributed by atoms with Crippen LogP contribution in [0.4, 0.5) is 19.0 Å². The fourth-order valence-electron chi connectivity index (χ4n) is 5.45. The minimum Gasteiger partial charge on any atom is -0.394 e. The lowest BCUT2D eigenvalue weighted by Crippen LogP contribution is -2.69. The monoisotopic (exact) mass is 630 g/mol. The molecule has 2 aromatic heterocycles. The van der Waals surface area contributed by atoms with Crippen LogP contribution in [0.5, 0.6) is 0 Å². The highest BCUT2D eigenvalue weighted by Gasteiger charge is 2.55. The van der Waals surface area contributed by atoms with Crippen LogP contribution in [-0.4, -0.2) is 46.9 Å². The van der Waals surface area contributed by atoms with E-state index in [4.69, 9.17) is 9.41 Å². The first-order valence-corrected chi connectivity index (χ1v) is 16.6. The summed E-state index contributed by atoms with van der Waals surface area (Å²) in [5.74, 6) is 0.269. The van der Waals surface area contributed by atoms with Crippen LogP contribution in [0, 0.1) is 6.92 Å².